The molecule has 5 rings (SSSR count). The fourth-order valence-corrected chi connectivity index (χ4v) is 11.2. The zero-order chi connectivity index (χ0) is 29.9. The Morgan fingerprint density at radius 2 is 1.07 bits per heavy atom. The van der Waals surface area contributed by atoms with Gasteiger partial charge in [-0.15, -0.1) is 56.7 Å². The molecule has 0 amide bonds. The molecule has 0 radical (unpaired) electrons. The summed E-state index contributed by atoms with van der Waals surface area (Å²) in [4.78, 5) is 12.7. The van der Waals surface area contributed by atoms with E-state index in [1.807, 2.05) is 62.8 Å². The van der Waals surface area contributed by atoms with Gasteiger partial charge in [0.15, 0.2) is 0 Å². The minimum atomic E-state index is 1.18. The average Bonchev–Trinajstić information content (AvgIpc) is 3.85. The second-order valence-electron chi connectivity index (χ2n) is 11.5. The first kappa shape index (κ1) is 32.6. The molecule has 0 fully saturated rings. The summed E-state index contributed by atoms with van der Waals surface area (Å²) in [6.07, 6.45) is 20.4. The zero-order valence-corrected chi connectivity index (χ0v) is 30.0. The van der Waals surface area contributed by atoms with Gasteiger partial charge >= 0.3 is 0 Å². The maximum absolute atomic E-state index is 3.99. The first-order chi connectivity index (χ1) is 21.2. The Hall–Kier alpha value is -1.76. The van der Waals surface area contributed by atoms with Crippen molar-refractivity contribution in [2.24, 2.45) is 0 Å². The quantitative estimate of drug-likeness (QED) is 0.0772. The molecule has 0 unspecified atom stereocenters. The number of aryl methyl sites for hydroxylation is 2. The molecule has 5 aromatic rings. The van der Waals surface area contributed by atoms with Crippen LogP contribution in [0, 0.1) is 0 Å². The van der Waals surface area contributed by atoms with E-state index in [4.69, 9.17) is 0 Å². The summed E-state index contributed by atoms with van der Waals surface area (Å²) in [5, 5.41) is 2.21. The third-order valence-electron chi connectivity index (χ3n) is 8.11. The van der Waals surface area contributed by atoms with Crippen molar-refractivity contribution >= 4 is 62.8 Å². The Bertz CT molecular complexity index is 1520. The third-order valence-corrected chi connectivity index (χ3v) is 14.2. The molecule has 43 heavy (non-hydrogen) atoms. The maximum Gasteiger partial charge on any atom is 0.0481 e. The van der Waals surface area contributed by atoms with Gasteiger partial charge in [-0.1, -0.05) is 96.8 Å². The van der Waals surface area contributed by atoms with Gasteiger partial charge in [-0.05, 0) is 84.7 Å². The number of hydrogen-bond acceptors (Lipinski definition) is 5. The van der Waals surface area contributed by atoms with Crippen LogP contribution in [0.25, 0.3) is 45.1 Å². The number of hydrogen-bond donors (Lipinski definition) is 0. The van der Waals surface area contributed by atoms with Crippen molar-refractivity contribution in [2.75, 3.05) is 0 Å². The van der Waals surface area contributed by atoms with Crippen LogP contribution in [0.2, 0.25) is 0 Å². The summed E-state index contributed by atoms with van der Waals surface area (Å²) in [5.74, 6) is 0. The molecule has 0 N–H and O–H groups in total. The van der Waals surface area contributed by atoms with Gasteiger partial charge in [0, 0.05) is 43.9 Å². The number of unbranched alkanes of at least 4 members (excludes halogenated alkanes) is 10. The second-order valence-corrected chi connectivity index (χ2v) is 16.8. The lowest BCUT2D eigenvalue weighted by Crippen LogP contribution is -1.86. The van der Waals surface area contributed by atoms with Crippen LogP contribution in [0.1, 0.15) is 107 Å². The number of thiophene rings is 5. The van der Waals surface area contributed by atoms with Crippen LogP contribution < -0.4 is 0 Å². The summed E-state index contributed by atoms with van der Waals surface area (Å²) >= 11 is 9.72. The van der Waals surface area contributed by atoms with Crippen molar-refractivity contribution in [3.8, 4) is 39.0 Å². The molecule has 0 aliphatic rings. The molecule has 5 heterocycles. The van der Waals surface area contributed by atoms with E-state index < -0.39 is 0 Å². The van der Waals surface area contributed by atoms with E-state index in [2.05, 4.69) is 74.3 Å². The molecule has 0 aliphatic heterocycles. The van der Waals surface area contributed by atoms with Gasteiger partial charge in [0.25, 0.3) is 0 Å². The van der Waals surface area contributed by atoms with Gasteiger partial charge < -0.3 is 0 Å². The van der Waals surface area contributed by atoms with Gasteiger partial charge in [-0.2, -0.15) is 0 Å². The molecule has 5 heteroatoms. The van der Waals surface area contributed by atoms with E-state index in [-0.39, 0.29) is 0 Å². The highest BCUT2D eigenvalue weighted by molar-refractivity contribution is 7.29. The van der Waals surface area contributed by atoms with Gasteiger partial charge in [0.05, 0.1) is 0 Å². The van der Waals surface area contributed by atoms with Crippen LogP contribution in [-0.4, -0.2) is 0 Å². The van der Waals surface area contributed by atoms with Crippen LogP contribution >= 0.6 is 56.7 Å². The Kier molecular flexibility index (Phi) is 13.0. The Balaban J connectivity index is 1.39. The van der Waals surface area contributed by atoms with E-state index in [0.717, 1.165) is 0 Å². The molecular formula is C38H46S5. The molecule has 0 spiro atoms. The predicted molar refractivity (Wildman–Crippen MR) is 202 cm³/mol. The van der Waals surface area contributed by atoms with Gasteiger partial charge in [0.1, 0.15) is 0 Å². The molecule has 5 aromatic heterocycles. The highest BCUT2D eigenvalue weighted by Gasteiger charge is 2.19. The Morgan fingerprint density at radius 3 is 1.58 bits per heavy atom. The van der Waals surface area contributed by atoms with Gasteiger partial charge in [-0.3, -0.25) is 0 Å². The minimum absolute atomic E-state index is 1.18. The lowest BCUT2D eigenvalue weighted by Gasteiger charge is -2.04. The van der Waals surface area contributed by atoms with Crippen LogP contribution in [0.15, 0.2) is 60.5 Å². The van der Waals surface area contributed by atoms with Crippen molar-refractivity contribution < 1.29 is 0 Å². The van der Waals surface area contributed by atoms with Gasteiger partial charge in [-0.25, -0.2) is 0 Å². The van der Waals surface area contributed by atoms with E-state index in [1.165, 1.54) is 139 Å². The SMILES string of the molecule is C=Cc1ccc(-c2cc(CCCCCCCC)c(-c3ccc(-c4sc(-c5cccs5)cc4CCCCCCCC)s3)s2)s1. The fourth-order valence-electron chi connectivity index (χ4n) is 5.68. The highest BCUT2D eigenvalue weighted by Crippen LogP contribution is 2.48. The maximum atomic E-state index is 3.99. The van der Waals surface area contributed by atoms with E-state index in [1.54, 1.807) is 5.56 Å². The fraction of sp³-hybridized carbons (Fsp3) is 0.421. The molecule has 0 aromatic carbocycles. The summed E-state index contributed by atoms with van der Waals surface area (Å²) in [6, 6.07) is 18.7. The van der Waals surface area contributed by atoms with Crippen LogP contribution in [-0.2, 0) is 12.8 Å². The predicted octanol–water partition coefficient (Wildman–Crippen LogP) is 15.1. The number of rotatable bonds is 19. The van der Waals surface area contributed by atoms with Crippen LogP contribution in [0.3, 0.4) is 0 Å². The first-order valence-electron chi connectivity index (χ1n) is 16.3. The normalized spacial score (nSPS) is 11.5. The van der Waals surface area contributed by atoms with Crippen molar-refractivity contribution in [3.63, 3.8) is 0 Å². The molecule has 0 saturated carbocycles. The van der Waals surface area contributed by atoms with Crippen molar-refractivity contribution in [2.45, 2.75) is 104 Å². The smallest absolute Gasteiger partial charge is 0.0481 e. The summed E-state index contributed by atoms with van der Waals surface area (Å²) in [5.41, 5.74) is 3.09. The summed E-state index contributed by atoms with van der Waals surface area (Å²) in [7, 11) is 0. The van der Waals surface area contributed by atoms with Crippen molar-refractivity contribution in [1.29, 1.82) is 0 Å². The van der Waals surface area contributed by atoms with Crippen molar-refractivity contribution in [1.82, 2.24) is 0 Å². The Morgan fingerprint density at radius 1 is 0.535 bits per heavy atom. The first-order valence-corrected chi connectivity index (χ1v) is 20.5. The van der Waals surface area contributed by atoms with E-state index in [9.17, 15) is 0 Å². The summed E-state index contributed by atoms with van der Waals surface area (Å²) in [6.45, 7) is 8.59. The molecule has 0 saturated heterocycles. The molecule has 228 valence electrons. The largest absolute Gasteiger partial charge is 0.143 e. The van der Waals surface area contributed by atoms with E-state index in [0.29, 0.717) is 0 Å². The van der Waals surface area contributed by atoms with Gasteiger partial charge in [0.2, 0.25) is 0 Å². The third kappa shape index (κ3) is 8.92. The molecule has 0 atom stereocenters. The van der Waals surface area contributed by atoms with Crippen LogP contribution in [0.5, 0.6) is 0 Å². The van der Waals surface area contributed by atoms with E-state index >= 15 is 0 Å². The highest BCUT2D eigenvalue weighted by atomic mass is 32.1. The lowest BCUT2D eigenvalue weighted by atomic mass is 10.0. The molecule has 0 bridgehead atoms. The monoisotopic (exact) mass is 662 g/mol. The topological polar surface area (TPSA) is 0 Å². The molecule has 0 nitrogen and oxygen atoms in total. The Labute approximate surface area is 280 Å². The lowest BCUT2D eigenvalue weighted by molar-refractivity contribution is 0.608. The van der Waals surface area contributed by atoms with Crippen LogP contribution in [0.4, 0.5) is 0 Å². The molecular weight excluding hydrogens is 617 g/mol. The average molecular weight is 663 g/mol. The zero-order valence-electron chi connectivity index (χ0n) is 25.9. The van der Waals surface area contributed by atoms with Crippen molar-refractivity contribution in [3.05, 3.63) is 76.5 Å². The standard InChI is InChI=1S/C38H46S5/c1-4-7-9-11-13-15-18-28-26-35(31-20-17-25-39-31)42-37(28)33-23-24-34(41-33)38-29(19-16-14-12-10-8-5-2)27-36(43-38)32-22-21-30(6-3)40-32/h6,17,20-27H,3-5,7-16,18-19H2,1-2H3. The second kappa shape index (κ2) is 17.1. The minimum Gasteiger partial charge on any atom is -0.143 e. The summed E-state index contributed by atoms with van der Waals surface area (Å²) < 4.78 is 0. The molecule has 0 aliphatic carbocycles.